The average Bonchev–Trinajstić information content (AvgIpc) is 2.56. The normalized spacial score (nSPS) is 20.1. The molecule has 78 valence electrons. The van der Waals surface area contributed by atoms with Crippen LogP contribution in [-0.4, -0.2) is 29.3 Å². The molecule has 1 aliphatic heterocycles. The Morgan fingerprint density at radius 1 is 1.57 bits per heavy atom. The molecule has 2 heterocycles. The van der Waals surface area contributed by atoms with E-state index in [4.69, 9.17) is 4.52 Å². The van der Waals surface area contributed by atoms with E-state index in [0.29, 0.717) is 17.4 Å². The maximum Gasteiger partial charge on any atom is 0.151 e. The van der Waals surface area contributed by atoms with Gasteiger partial charge >= 0.3 is 0 Å². The van der Waals surface area contributed by atoms with Crippen molar-refractivity contribution in [3.63, 3.8) is 0 Å². The van der Waals surface area contributed by atoms with Crippen LogP contribution in [0.5, 0.6) is 0 Å². The van der Waals surface area contributed by atoms with Crippen molar-refractivity contribution in [1.82, 2.24) is 10.1 Å². The summed E-state index contributed by atoms with van der Waals surface area (Å²) in [6.07, 6.45) is 0.651. The average molecular weight is 263 g/mol. The number of hydrogen-bond donors (Lipinski definition) is 0. The van der Waals surface area contributed by atoms with Gasteiger partial charge in [0.1, 0.15) is 10.8 Å². The molecule has 1 fully saturated rings. The fourth-order valence-corrected chi connectivity index (χ4v) is 1.97. The Morgan fingerprint density at radius 3 is 2.86 bits per heavy atom. The minimum absolute atomic E-state index is 0.618. The van der Waals surface area contributed by atoms with Crippen molar-refractivity contribution in [2.24, 2.45) is 0 Å². The predicted molar refractivity (Wildman–Crippen MR) is 53.6 cm³/mol. The lowest BCUT2D eigenvalue weighted by atomic mass is 10.1. The molecule has 0 unspecified atom stereocenters. The lowest BCUT2D eigenvalue weighted by Crippen LogP contribution is -2.33. The maximum absolute atomic E-state index is 12.8. The summed E-state index contributed by atoms with van der Waals surface area (Å²) in [5.74, 6) is 0.828. The highest BCUT2D eigenvalue weighted by Gasteiger charge is 2.19. The molecule has 1 aliphatic rings. The van der Waals surface area contributed by atoms with Gasteiger partial charge in [-0.3, -0.25) is 4.90 Å². The largest absolute Gasteiger partial charge is 0.359 e. The number of piperidine rings is 1. The minimum atomic E-state index is -0.618. The topological polar surface area (TPSA) is 29.3 Å². The molecule has 1 aromatic rings. The van der Waals surface area contributed by atoms with Gasteiger partial charge in [-0.05, 0) is 28.8 Å². The van der Waals surface area contributed by atoms with Gasteiger partial charge in [0.25, 0.3) is 0 Å². The Balaban J connectivity index is 1.86. The Morgan fingerprint density at radius 2 is 2.29 bits per heavy atom. The van der Waals surface area contributed by atoms with E-state index in [1.165, 1.54) is 0 Å². The maximum atomic E-state index is 12.8. The van der Waals surface area contributed by atoms with Crippen molar-refractivity contribution < 1.29 is 8.91 Å². The number of nitrogens with zero attached hydrogens (tertiary/aromatic N) is 2. The van der Waals surface area contributed by atoms with Gasteiger partial charge in [-0.1, -0.05) is 5.16 Å². The van der Waals surface area contributed by atoms with Crippen LogP contribution in [0.4, 0.5) is 4.39 Å². The molecule has 1 saturated heterocycles. The van der Waals surface area contributed by atoms with Crippen LogP contribution in [0.15, 0.2) is 15.2 Å². The van der Waals surface area contributed by atoms with E-state index in [2.05, 4.69) is 26.0 Å². The Kier molecular flexibility index (Phi) is 3.18. The van der Waals surface area contributed by atoms with Gasteiger partial charge in [-0.25, -0.2) is 4.39 Å². The summed E-state index contributed by atoms with van der Waals surface area (Å²) in [7, 11) is 0. The van der Waals surface area contributed by atoms with Crippen molar-refractivity contribution in [1.29, 1.82) is 0 Å². The molecule has 5 heteroatoms. The fourth-order valence-electron chi connectivity index (χ4n) is 1.64. The summed E-state index contributed by atoms with van der Waals surface area (Å²) in [4.78, 5) is 2.18. The predicted octanol–water partition coefficient (Wildman–Crippen LogP) is 2.37. The van der Waals surface area contributed by atoms with Gasteiger partial charge in [0.05, 0.1) is 6.54 Å². The van der Waals surface area contributed by atoms with E-state index in [-0.39, 0.29) is 0 Å². The third-order valence-electron chi connectivity index (χ3n) is 2.43. The van der Waals surface area contributed by atoms with Gasteiger partial charge in [-0.2, -0.15) is 0 Å². The van der Waals surface area contributed by atoms with Crippen LogP contribution in [0.2, 0.25) is 0 Å². The molecular formula is C9H12BrFN2O. The number of rotatable bonds is 2. The van der Waals surface area contributed by atoms with Gasteiger partial charge < -0.3 is 4.52 Å². The second kappa shape index (κ2) is 4.40. The minimum Gasteiger partial charge on any atom is -0.359 e. The van der Waals surface area contributed by atoms with Gasteiger partial charge in [0.15, 0.2) is 5.76 Å². The quantitative estimate of drug-likeness (QED) is 0.820. The highest BCUT2D eigenvalue weighted by molar-refractivity contribution is 9.10. The second-order valence-corrected chi connectivity index (χ2v) is 4.38. The summed E-state index contributed by atoms with van der Waals surface area (Å²) < 4.78 is 18.6. The Hall–Kier alpha value is -0.420. The first-order valence-corrected chi connectivity index (χ1v) is 5.51. The molecule has 0 saturated carbocycles. The van der Waals surface area contributed by atoms with Gasteiger partial charge in [0.2, 0.25) is 0 Å². The van der Waals surface area contributed by atoms with Crippen molar-refractivity contribution >= 4 is 15.9 Å². The standard InChI is InChI=1S/C9H12BrFN2O/c10-9-5-8(14-12-9)6-13-3-1-7(11)2-4-13/h5,7H,1-4,6H2. The van der Waals surface area contributed by atoms with E-state index in [0.717, 1.165) is 25.4 Å². The highest BCUT2D eigenvalue weighted by atomic mass is 79.9. The fraction of sp³-hybridized carbons (Fsp3) is 0.667. The summed E-state index contributed by atoms with van der Waals surface area (Å²) in [6.45, 7) is 2.34. The van der Waals surface area contributed by atoms with E-state index >= 15 is 0 Å². The van der Waals surface area contributed by atoms with Crippen LogP contribution in [-0.2, 0) is 6.54 Å². The van der Waals surface area contributed by atoms with Crippen LogP contribution in [0, 0.1) is 0 Å². The zero-order chi connectivity index (χ0) is 9.97. The van der Waals surface area contributed by atoms with Crippen molar-refractivity contribution in [2.75, 3.05) is 13.1 Å². The molecule has 0 bridgehead atoms. The number of alkyl halides is 1. The number of hydrogen-bond acceptors (Lipinski definition) is 3. The Bertz CT molecular complexity index is 297. The molecule has 0 spiro atoms. The third kappa shape index (κ3) is 2.54. The smallest absolute Gasteiger partial charge is 0.151 e. The molecule has 0 N–H and O–H groups in total. The zero-order valence-corrected chi connectivity index (χ0v) is 9.33. The molecule has 0 radical (unpaired) electrons. The molecule has 0 atom stereocenters. The molecule has 0 amide bonds. The van der Waals surface area contributed by atoms with Gasteiger partial charge in [0, 0.05) is 19.2 Å². The first-order valence-electron chi connectivity index (χ1n) is 4.71. The summed E-state index contributed by atoms with van der Waals surface area (Å²) in [6, 6.07) is 1.85. The van der Waals surface area contributed by atoms with E-state index < -0.39 is 6.17 Å². The first kappa shape index (κ1) is 10.1. The third-order valence-corrected chi connectivity index (χ3v) is 2.80. The van der Waals surface area contributed by atoms with Crippen LogP contribution < -0.4 is 0 Å². The van der Waals surface area contributed by atoms with Crippen LogP contribution in [0.25, 0.3) is 0 Å². The van der Waals surface area contributed by atoms with E-state index in [9.17, 15) is 4.39 Å². The highest BCUT2D eigenvalue weighted by Crippen LogP contribution is 2.17. The molecule has 14 heavy (non-hydrogen) atoms. The molecule has 0 aliphatic carbocycles. The zero-order valence-electron chi connectivity index (χ0n) is 7.75. The molecule has 0 aromatic carbocycles. The van der Waals surface area contributed by atoms with E-state index in [1.807, 2.05) is 6.07 Å². The molecule has 1 aromatic heterocycles. The van der Waals surface area contributed by atoms with Gasteiger partial charge in [-0.15, -0.1) is 0 Å². The number of likely N-dealkylation sites (tertiary alicyclic amines) is 1. The molecule has 3 nitrogen and oxygen atoms in total. The van der Waals surface area contributed by atoms with Crippen LogP contribution in [0.1, 0.15) is 18.6 Å². The molecular weight excluding hydrogens is 251 g/mol. The summed E-state index contributed by atoms with van der Waals surface area (Å²) >= 11 is 3.22. The lowest BCUT2D eigenvalue weighted by molar-refractivity contribution is 0.135. The van der Waals surface area contributed by atoms with E-state index in [1.54, 1.807) is 0 Å². The van der Waals surface area contributed by atoms with Crippen molar-refractivity contribution in [2.45, 2.75) is 25.6 Å². The van der Waals surface area contributed by atoms with Crippen LogP contribution >= 0.6 is 15.9 Å². The second-order valence-electron chi connectivity index (χ2n) is 3.57. The van der Waals surface area contributed by atoms with Crippen LogP contribution in [0.3, 0.4) is 0 Å². The number of aromatic nitrogens is 1. The molecule has 2 rings (SSSR count). The van der Waals surface area contributed by atoms with Crippen molar-refractivity contribution in [3.8, 4) is 0 Å². The first-order chi connectivity index (χ1) is 6.74. The number of halogens is 2. The summed E-state index contributed by atoms with van der Waals surface area (Å²) in [5.41, 5.74) is 0. The Labute approximate surface area is 90.4 Å². The summed E-state index contributed by atoms with van der Waals surface area (Å²) in [5, 5.41) is 3.74. The SMILES string of the molecule is FC1CCN(Cc2cc(Br)no2)CC1. The lowest BCUT2D eigenvalue weighted by Gasteiger charge is -2.27. The monoisotopic (exact) mass is 262 g/mol. The van der Waals surface area contributed by atoms with Crippen molar-refractivity contribution in [3.05, 3.63) is 16.4 Å².